The summed E-state index contributed by atoms with van der Waals surface area (Å²) in [6.07, 6.45) is 4.70. The minimum absolute atomic E-state index is 0.562. The van der Waals surface area contributed by atoms with Crippen molar-refractivity contribution >= 4 is 0 Å². The number of halogens is 1. The normalized spacial score (nSPS) is 14.3. The Kier molecular flexibility index (Phi) is 8.67. The van der Waals surface area contributed by atoms with Crippen LogP contribution in [-0.2, 0) is 18.5 Å². The van der Waals surface area contributed by atoms with Gasteiger partial charge in [-0.1, -0.05) is 54.6 Å². The second-order valence-corrected chi connectivity index (χ2v) is 7.85. The topological polar surface area (TPSA) is 27.0 Å². The number of alkyl halides is 1. The van der Waals surface area contributed by atoms with Crippen molar-refractivity contribution < 1.29 is 4.39 Å². The Morgan fingerprint density at radius 2 is 1.54 bits per heavy atom. The summed E-state index contributed by atoms with van der Waals surface area (Å²) in [6.45, 7) is 8.19. The lowest BCUT2D eigenvalue weighted by molar-refractivity contribution is 0.222. The fraction of sp³-hybridized carbons (Fsp3) is 0.480. The van der Waals surface area contributed by atoms with Crippen LogP contribution in [0.15, 0.2) is 54.6 Å². The van der Waals surface area contributed by atoms with Gasteiger partial charge in [0, 0.05) is 19.5 Å². The van der Waals surface area contributed by atoms with Gasteiger partial charge in [0.1, 0.15) is 5.67 Å². The zero-order chi connectivity index (χ0) is 20.4. The third-order valence-corrected chi connectivity index (χ3v) is 5.33. The average Bonchev–Trinajstić information content (AvgIpc) is 3.45. The Morgan fingerprint density at radius 1 is 0.964 bits per heavy atom. The van der Waals surface area contributed by atoms with Crippen molar-refractivity contribution in [2.75, 3.05) is 13.1 Å². The molecule has 0 heterocycles. The highest BCUT2D eigenvalue weighted by Crippen LogP contribution is 2.49. The van der Waals surface area contributed by atoms with Gasteiger partial charge in [-0.05, 0) is 69.2 Å². The third-order valence-electron chi connectivity index (χ3n) is 5.33. The lowest BCUT2D eigenvalue weighted by Crippen LogP contribution is -2.34. The summed E-state index contributed by atoms with van der Waals surface area (Å²) in [4.78, 5) is 2.56. The van der Waals surface area contributed by atoms with Gasteiger partial charge in [-0.2, -0.15) is 5.26 Å². The van der Waals surface area contributed by atoms with Crippen molar-refractivity contribution in [3.8, 4) is 6.07 Å². The monoisotopic (exact) mass is 380 g/mol. The highest BCUT2D eigenvalue weighted by atomic mass is 19.1. The van der Waals surface area contributed by atoms with E-state index in [9.17, 15) is 4.39 Å². The Balaban J connectivity index is 0.000000878. The fourth-order valence-electron chi connectivity index (χ4n) is 3.40. The molecule has 0 N–H and O–H groups in total. The summed E-state index contributed by atoms with van der Waals surface area (Å²) in [5, 5.41) is 7.32. The molecule has 0 amide bonds. The van der Waals surface area contributed by atoms with E-state index < -0.39 is 5.67 Å². The molecule has 0 radical (unpaired) electrons. The zero-order valence-electron chi connectivity index (χ0n) is 17.5. The van der Waals surface area contributed by atoms with E-state index in [0.717, 1.165) is 37.9 Å². The highest BCUT2D eigenvalue weighted by Gasteiger charge is 2.44. The quantitative estimate of drug-likeness (QED) is 0.528. The van der Waals surface area contributed by atoms with Gasteiger partial charge < -0.3 is 4.90 Å². The Bertz CT molecular complexity index is 727. The molecule has 0 atom stereocenters. The number of nitrogens with zero attached hydrogens (tertiary/aromatic N) is 2. The average molecular weight is 381 g/mol. The summed E-state index contributed by atoms with van der Waals surface area (Å²) >= 11 is 0. The maximum Gasteiger partial charge on any atom is 0.136 e. The molecule has 2 nitrogen and oxygen atoms in total. The van der Waals surface area contributed by atoms with Crippen LogP contribution in [0.4, 0.5) is 4.39 Å². The molecule has 0 aliphatic heterocycles. The lowest BCUT2D eigenvalue weighted by Gasteiger charge is -2.26. The van der Waals surface area contributed by atoms with Crippen LogP contribution in [0.25, 0.3) is 0 Å². The molecule has 2 aromatic rings. The molecule has 0 unspecified atom stereocenters. The van der Waals surface area contributed by atoms with Crippen LogP contribution in [0, 0.1) is 11.3 Å². The van der Waals surface area contributed by atoms with E-state index in [1.807, 2.05) is 12.1 Å². The summed E-state index contributed by atoms with van der Waals surface area (Å²) in [6, 6.07) is 21.2. The summed E-state index contributed by atoms with van der Waals surface area (Å²) < 4.78 is 14.0. The molecule has 0 bridgehead atoms. The van der Waals surface area contributed by atoms with Gasteiger partial charge in [0.05, 0.1) is 6.07 Å². The molecule has 1 aliphatic carbocycles. The van der Waals surface area contributed by atoms with Gasteiger partial charge in [-0.25, -0.2) is 4.39 Å². The summed E-state index contributed by atoms with van der Waals surface area (Å²) in [5.74, 6) is 0. The first-order valence-electron chi connectivity index (χ1n) is 10.4. The van der Waals surface area contributed by atoms with Crippen LogP contribution in [0.1, 0.15) is 56.7 Å². The van der Waals surface area contributed by atoms with Crippen molar-refractivity contribution in [2.45, 2.75) is 64.6 Å². The SMILES string of the molecule is CC#N.CC(C)N(CCCc1ccc(C2(F)CC2)cc1)CCc1ccccc1. The van der Waals surface area contributed by atoms with Crippen molar-refractivity contribution in [3.63, 3.8) is 0 Å². The van der Waals surface area contributed by atoms with Gasteiger partial charge >= 0.3 is 0 Å². The standard InChI is InChI=1S/C23H30FN.C2H3N/c1-19(2)25(18-14-20-7-4-3-5-8-20)17-6-9-21-10-12-22(13-11-21)23(24)15-16-23;1-2-3/h3-5,7-8,10-13,19H,6,9,14-18H2,1-2H3;1H3. The van der Waals surface area contributed by atoms with E-state index in [1.54, 1.807) is 6.07 Å². The maximum atomic E-state index is 14.0. The van der Waals surface area contributed by atoms with Gasteiger partial charge in [-0.3, -0.25) is 0 Å². The van der Waals surface area contributed by atoms with E-state index >= 15 is 0 Å². The lowest BCUT2D eigenvalue weighted by atomic mass is 10.0. The van der Waals surface area contributed by atoms with Crippen LogP contribution < -0.4 is 0 Å². The minimum Gasteiger partial charge on any atom is -0.301 e. The largest absolute Gasteiger partial charge is 0.301 e. The summed E-state index contributed by atoms with van der Waals surface area (Å²) in [7, 11) is 0. The predicted molar refractivity (Wildman–Crippen MR) is 115 cm³/mol. The molecule has 0 aromatic heterocycles. The number of nitriles is 1. The van der Waals surface area contributed by atoms with Crippen LogP contribution >= 0.6 is 0 Å². The van der Waals surface area contributed by atoms with Crippen LogP contribution in [0.5, 0.6) is 0 Å². The molecule has 0 spiro atoms. The molecule has 3 rings (SSSR count). The minimum atomic E-state index is -1.01. The van der Waals surface area contributed by atoms with Crippen molar-refractivity contribution in [1.82, 2.24) is 4.90 Å². The van der Waals surface area contributed by atoms with Crippen molar-refractivity contribution in [3.05, 3.63) is 71.3 Å². The molecule has 28 heavy (non-hydrogen) atoms. The predicted octanol–water partition coefficient (Wildman–Crippen LogP) is 6.06. The molecular weight excluding hydrogens is 347 g/mol. The second-order valence-electron chi connectivity index (χ2n) is 7.85. The molecule has 0 saturated heterocycles. The smallest absolute Gasteiger partial charge is 0.136 e. The first-order valence-corrected chi connectivity index (χ1v) is 10.4. The molecule has 150 valence electrons. The Hall–Kier alpha value is -2.18. The zero-order valence-corrected chi connectivity index (χ0v) is 17.5. The van der Waals surface area contributed by atoms with Crippen molar-refractivity contribution in [2.24, 2.45) is 0 Å². The number of hydrogen-bond donors (Lipinski definition) is 0. The first-order chi connectivity index (χ1) is 13.5. The molecule has 2 aromatic carbocycles. The van der Waals surface area contributed by atoms with Gasteiger partial charge in [-0.15, -0.1) is 0 Å². The van der Waals surface area contributed by atoms with Gasteiger partial charge in [0.15, 0.2) is 0 Å². The van der Waals surface area contributed by atoms with E-state index in [2.05, 4.69) is 61.2 Å². The van der Waals surface area contributed by atoms with Gasteiger partial charge in [0.2, 0.25) is 0 Å². The maximum absolute atomic E-state index is 14.0. The van der Waals surface area contributed by atoms with Gasteiger partial charge in [0.25, 0.3) is 0 Å². The van der Waals surface area contributed by atoms with Crippen molar-refractivity contribution in [1.29, 1.82) is 5.26 Å². The second kappa shape index (κ2) is 11.0. The molecule has 1 aliphatic rings. The molecule has 1 saturated carbocycles. The Morgan fingerprint density at radius 3 is 2.07 bits per heavy atom. The van der Waals surface area contributed by atoms with E-state index in [1.165, 1.54) is 18.1 Å². The number of benzene rings is 2. The van der Waals surface area contributed by atoms with E-state index in [-0.39, 0.29) is 0 Å². The van der Waals surface area contributed by atoms with Crippen LogP contribution in [-0.4, -0.2) is 24.0 Å². The first kappa shape index (κ1) is 22.1. The third kappa shape index (κ3) is 7.09. The van der Waals surface area contributed by atoms with Crippen LogP contribution in [0.2, 0.25) is 0 Å². The number of hydrogen-bond acceptors (Lipinski definition) is 2. The van der Waals surface area contributed by atoms with E-state index in [4.69, 9.17) is 5.26 Å². The molecular formula is C25H33FN2. The van der Waals surface area contributed by atoms with E-state index in [0.29, 0.717) is 18.9 Å². The summed E-state index contributed by atoms with van der Waals surface area (Å²) in [5.41, 5.74) is 2.58. The highest BCUT2D eigenvalue weighted by molar-refractivity contribution is 5.30. The fourth-order valence-corrected chi connectivity index (χ4v) is 3.40. The van der Waals surface area contributed by atoms with Crippen LogP contribution in [0.3, 0.4) is 0 Å². The Labute approximate surface area is 170 Å². The molecule has 1 fully saturated rings. The molecule has 3 heteroatoms. The number of rotatable bonds is 9. The number of aryl methyl sites for hydroxylation is 1.